The maximum absolute atomic E-state index is 6.73. The molecule has 0 saturated carbocycles. The number of pyridine rings is 2. The summed E-state index contributed by atoms with van der Waals surface area (Å²) in [6.45, 7) is 6.66. The van der Waals surface area contributed by atoms with E-state index in [0.29, 0.717) is 17.1 Å². The third-order valence-electron chi connectivity index (χ3n) is 10.3. The van der Waals surface area contributed by atoms with Crippen LogP contribution in [0.25, 0.3) is 83.1 Å². The van der Waals surface area contributed by atoms with Crippen LogP contribution in [-0.4, -0.2) is 14.5 Å². The molecule has 0 bridgehead atoms. The molecule has 10 aromatic rings. The van der Waals surface area contributed by atoms with E-state index >= 15 is 0 Å². The van der Waals surface area contributed by atoms with Crippen molar-refractivity contribution in [1.29, 1.82) is 0 Å². The van der Waals surface area contributed by atoms with Crippen LogP contribution in [0.1, 0.15) is 26.3 Å². The number of hydrogen-bond donors (Lipinski definition) is 0. The van der Waals surface area contributed by atoms with Crippen molar-refractivity contribution in [3.63, 3.8) is 0 Å². The Bertz CT molecular complexity index is 3050. The van der Waals surface area contributed by atoms with Crippen molar-refractivity contribution in [1.82, 2.24) is 14.5 Å². The number of fused-ring (bicyclic) bond motifs is 6. The molecule has 10 rings (SSSR count). The normalized spacial score (nSPS) is 11.7. The number of benzene rings is 6. The van der Waals surface area contributed by atoms with Crippen molar-refractivity contribution < 1.29 is 30.2 Å². The summed E-state index contributed by atoms with van der Waals surface area (Å²) in [5, 5.41) is 4.10. The molecule has 4 heterocycles. The molecule has 0 N–H and O–H groups in total. The summed E-state index contributed by atoms with van der Waals surface area (Å²) in [4.78, 5) is 9.68. The molecule has 0 unspecified atom stereocenters. The van der Waals surface area contributed by atoms with Crippen molar-refractivity contribution in [2.45, 2.75) is 26.2 Å². The Morgan fingerprint density at radius 3 is 2.04 bits per heavy atom. The minimum absolute atomic E-state index is 0. The average molecular weight is 905 g/mol. The van der Waals surface area contributed by atoms with E-state index < -0.39 is 0 Å². The SMILES string of the molecule is CC(C)(C)c1ccnc(-n2c3[c-]c(Oc4[c-]c(-c5cc(-c6ccccc6)ccn5)c5oc6cc(-c7ccccc7)ccc6c5c4)ccc3c3ccccc32)c1.[Pt+2]. The van der Waals surface area contributed by atoms with Gasteiger partial charge in [0.1, 0.15) is 11.4 Å². The van der Waals surface area contributed by atoms with Gasteiger partial charge in [0.15, 0.2) is 0 Å². The average Bonchev–Trinajstić information content (AvgIpc) is 3.76. The third-order valence-corrected chi connectivity index (χ3v) is 10.3. The quantitative estimate of drug-likeness (QED) is 0.156. The van der Waals surface area contributed by atoms with Gasteiger partial charge in [-0.05, 0) is 74.6 Å². The molecule has 0 aliphatic heterocycles. The largest absolute Gasteiger partial charge is 2.00 e. The monoisotopic (exact) mass is 904 g/mol. The first-order valence-electron chi connectivity index (χ1n) is 18.5. The van der Waals surface area contributed by atoms with Gasteiger partial charge in [-0.15, -0.1) is 17.5 Å². The predicted molar refractivity (Wildman–Crippen MR) is 223 cm³/mol. The summed E-state index contributed by atoms with van der Waals surface area (Å²) >= 11 is 0. The molecule has 5 nitrogen and oxygen atoms in total. The summed E-state index contributed by atoms with van der Waals surface area (Å²) in [7, 11) is 0. The van der Waals surface area contributed by atoms with Gasteiger partial charge in [0.2, 0.25) is 0 Å². The zero-order valence-corrected chi connectivity index (χ0v) is 33.3. The molecule has 0 atom stereocenters. The fourth-order valence-corrected chi connectivity index (χ4v) is 7.51. The van der Waals surface area contributed by atoms with Crippen LogP contribution in [0.5, 0.6) is 11.5 Å². The van der Waals surface area contributed by atoms with Crippen LogP contribution < -0.4 is 4.74 Å². The molecular formula is C50H35N3O2Pt. The maximum atomic E-state index is 6.73. The van der Waals surface area contributed by atoms with Gasteiger partial charge in [0.25, 0.3) is 0 Å². The van der Waals surface area contributed by atoms with E-state index in [9.17, 15) is 0 Å². The zero-order chi connectivity index (χ0) is 37.1. The third kappa shape index (κ3) is 6.28. The van der Waals surface area contributed by atoms with Crippen LogP contribution in [0.15, 0.2) is 162 Å². The number of hydrogen-bond acceptors (Lipinski definition) is 4. The topological polar surface area (TPSA) is 53.1 Å². The number of ether oxygens (including phenoxy) is 1. The van der Waals surface area contributed by atoms with E-state index in [-0.39, 0.29) is 26.5 Å². The molecule has 0 amide bonds. The fraction of sp³-hybridized carbons (Fsp3) is 0.0800. The number of para-hydroxylation sites is 1. The van der Waals surface area contributed by atoms with Crippen LogP contribution in [0, 0.1) is 12.1 Å². The number of rotatable bonds is 6. The molecule has 56 heavy (non-hydrogen) atoms. The molecule has 0 saturated heterocycles. The Labute approximate surface area is 339 Å². The van der Waals surface area contributed by atoms with Crippen LogP contribution >= 0.6 is 0 Å². The Balaban J connectivity index is 0.00000410. The van der Waals surface area contributed by atoms with E-state index in [1.807, 2.05) is 67.0 Å². The van der Waals surface area contributed by atoms with Crippen molar-refractivity contribution in [2.24, 2.45) is 0 Å². The summed E-state index contributed by atoms with van der Waals surface area (Å²) in [5.74, 6) is 1.94. The minimum Gasteiger partial charge on any atom is -0.503 e. The standard InChI is InChI=1S/C50H35N3O2.Pt/c1-50(2,3)36-23-25-52-48(28-36)53-45-17-11-10-16-39(45)40-21-19-37(31-46(40)53)54-38-29-42-41-20-18-34(32-12-6-4-7-13-32)27-47(41)55-49(42)43(30-38)44-26-35(22-24-51-44)33-14-8-5-9-15-33;/h4-29H,1-3H3;/q-2;+2. The Hall–Kier alpha value is -6.29. The van der Waals surface area contributed by atoms with Gasteiger partial charge in [-0.25, -0.2) is 4.98 Å². The second-order valence-electron chi connectivity index (χ2n) is 14.9. The second kappa shape index (κ2) is 14.1. The van der Waals surface area contributed by atoms with Gasteiger partial charge in [0.05, 0.1) is 5.58 Å². The van der Waals surface area contributed by atoms with Gasteiger partial charge in [-0.3, -0.25) is 0 Å². The van der Waals surface area contributed by atoms with Crippen molar-refractivity contribution in [3.8, 4) is 50.8 Å². The van der Waals surface area contributed by atoms with Gasteiger partial charge in [-0.1, -0.05) is 146 Å². The molecule has 0 spiro atoms. The van der Waals surface area contributed by atoms with Gasteiger partial charge >= 0.3 is 21.1 Å². The Morgan fingerprint density at radius 1 is 0.571 bits per heavy atom. The van der Waals surface area contributed by atoms with Crippen LogP contribution in [0.3, 0.4) is 0 Å². The van der Waals surface area contributed by atoms with E-state index in [1.165, 1.54) is 5.56 Å². The summed E-state index contributed by atoms with van der Waals surface area (Å²) in [5.41, 5.74) is 10.4. The second-order valence-corrected chi connectivity index (χ2v) is 14.9. The Kier molecular flexibility index (Phi) is 8.91. The van der Waals surface area contributed by atoms with Crippen molar-refractivity contribution in [2.75, 3.05) is 0 Å². The van der Waals surface area contributed by atoms with Crippen LogP contribution in [0.2, 0.25) is 0 Å². The molecule has 0 aliphatic rings. The molecule has 6 heteroatoms. The van der Waals surface area contributed by atoms with E-state index in [1.54, 1.807) is 0 Å². The molecule has 4 aromatic heterocycles. The predicted octanol–water partition coefficient (Wildman–Crippen LogP) is 13.2. The molecule has 0 radical (unpaired) electrons. The van der Waals surface area contributed by atoms with Gasteiger partial charge in [-0.2, -0.15) is 6.07 Å². The smallest absolute Gasteiger partial charge is 0.503 e. The van der Waals surface area contributed by atoms with Gasteiger partial charge in [0, 0.05) is 34.8 Å². The summed E-state index contributed by atoms with van der Waals surface area (Å²) < 4.78 is 15.6. The minimum atomic E-state index is -0.0313. The van der Waals surface area contributed by atoms with E-state index in [4.69, 9.17) is 19.1 Å². The van der Waals surface area contributed by atoms with Crippen molar-refractivity contribution in [3.05, 3.63) is 176 Å². The molecule has 0 aliphatic carbocycles. The Morgan fingerprint density at radius 2 is 1.27 bits per heavy atom. The summed E-state index contributed by atoms with van der Waals surface area (Å²) in [6.07, 6.45) is 3.73. The number of furan rings is 1. The first-order valence-corrected chi connectivity index (χ1v) is 18.5. The zero-order valence-electron chi connectivity index (χ0n) is 31.0. The fourth-order valence-electron chi connectivity index (χ4n) is 7.51. The number of aromatic nitrogens is 3. The van der Waals surface area contributed by atoms with Crippen LogP contribution in [-0.2, 0) is 26.5 Å². The molecule has 6 aromatic carbocycles. The number of nitrogens with zero attached hydrogens (tertiary/aromatic N) is 3. The molecule has 0 fully saturated rings. The summed E-state index contributed by atoms with van der Waals surface area (Å²) in [6, 6.07) is 57.1. The maximum Gasteiger partial charge on any atom is 2.00 e. The molecule has 272 valence electrons. The van der Waals surface area contributed by atoms with E-state index in [0.717, 1.165) is 77.5 Å². The first-order chi connectivity index (χ1) is 26.9. The van der Waals surface area contributed by atoms with Crippen LogP contribution in [0.4, 0.5) is 0 Å². The first kappa shape index (κ1) is 35.4. The van der Waals surface area contributed by atoms with Gasteiger partial charge < -0.3 is 18.7 Å². The van der Waals surface area contributed by atoms with Crippen molar-refractivity contribution >= 4 is 43.7 Å². The molecular weight excluding hydrogens is 870 g/mol. The van der Waals surface area contributed by atoms with E-state index in [2.05, 4.69) is 128 Å².